The molecule has 0 atom stereocenters. The van der Waals surface area contributed by atoms with E-state index in [9.17, 15) is 16.8 Å². The van der Waals surface area contributed by atoms with E-state index in [0.717, 1.165) is 34.3 Å². The molecule has 2 spiro atoms. The Morgan fingerprint density at radius 1 is 0.308 bits per heavy atom. The van der Waals surface area contributed by atoms with Crippen LogP contribution in [0.3, 0.4) is 0 Å². The Hall–Kier alpha value is -6.81. The Morgan fingerprint density at radius 2 is 0.628 bits per heavy atom. The third-order valence-corrected chi connectivity index (χ3v) is 28.4. The summed E-state index contributed by atoms with van der Waals surface area (Å²) in [7, 11) is -7.19. The molecule has 16 rings (SSSR count). The van der Waals surface area contributed by atoms with Crippen molar-refractivity contribution in [2.24, 2.45) is 0 Å². The Kier molecular flexibility index (Phi) is 11.4. The second-order valence-corrected chi connectivity index (χ2v) is 31.0. The normalized spacial score (nSPS) is 14.5. The van der Waals surface area contributed by atoms with E-state index in [1.807, 2.05) is 48.7 Å². The van der Waals surface area contributed by atoms with E-state index in [2.05, 4.69) is 133 Å². The zero-order chi connectivity index (χ0) is 52.4. The SMILES string of the molecule is O=S(=O)(c1ccccc1)c1ccc(N2c3ccccc3C3(c4ccccc42)c2cc[se]c2-c2[se]ccc23)cc1.O=S(=O)(c1ccccc1)c1ccc(N2c3ccccc3C3(c4cccnc42)c2cc[se]c2-c2[se]ccc23)cc1. The number of nitrogens with zero attached hydrogens (tertiary/aromatic N) is 3. The molecule has 0 radical (unpaired) electrons. The molecule has 2 aliphatic heterocycles. The molecule has 0 amide bonds. The number of sulfone groups is 2. The molecule has 0 bridgehead atoms. The molecule has 0 fully saturated rings. The number of aromatic nitrogens is 1. The molecule has 0 unspecified atom stereocenters. The Balaban J connectivity index is 0.000000136. The third kappa shape index (κ3) is 6.82. The number of fused-ring (bicyclic) bond motifs is 18. The van der Waals surface area contributed by atoms with E-state index in [1.54, 1.807) is 81.7 Å². The summed E-state index contributed by atoms with van der Waals surface area (Å²) in [6.45, 7) is 0. The molecule has 4 aliphatic rings. The van der Waals surface area contributed by atoms with Crippen LogP contribution >= 0.6 is 0 Å². The topological polar surface area (TPSA) is 87.7 Å². The number of para-hydroxylation sites is 3. The minimum absolute atomic E-state index is 0.275. The van der Waals surface area contributed by atoms with E-state index < -0.39 is 19.7 Å². The molecule has 7 nitrogen and oxygen atoms in total. The summed E-state index contributed by atoms with van der Waals surface area (Å²) in [5, 5.41) is 0. The summed E-state index contributed by atoms with van der Waals surface area (Å²) in [6, 6.07) is 71.5. The van der Waals surface area contributed by atoms with Gasteiger partial charge in [0.15, 0.2) is 0 Å². The first kappa shape index (κ1) is 48.3. The summed E-state index contributed by atoms with van der Waals surface area (Å²) in [5.41, 5.74) is 15.2. The standard InChI is InChI=1S/C33H21NO2SSe2.C32H20N2O2SSe2/c35-37(36,23-8-2-1-3-9-23)24-16-14-22(15-17-24)34-29-12-6-4-10-25(29)33(26-11-5-7-13-30(26)34)27-18-20-38-31(27)32-28(33)19-21-39-32;35-37(36,22-7-2-1-3-8-22)23-14-12-21(13-15-23)34-28-11-5-4-9-24(28)32(27-10-6-18-33-31(27)34)25-16-19-38-29(25)30-26(32)17-20-39-30/h1-21H;1-20H. The summed E-state index contributed by atoms with van der Waals surface area (Å²) in [4.78, 5) is 20.1. The van der Waals surface area contributed by atoms with Crippen LogP contribution in [0, 0.1) is 0 Å². The number of hydrogen-bond acceptors (Lipinski definition) is 7. The van der Waals surface area contributed by atoms with Gasteiger partial charge in [0.25, 0.3) is 0 Å². The predicted octanol–water partition coefficient (Wildman–Crippen LogP) is 13.0. The summed E-state index contributed by atoms with van der Waals surface area (Å²) in [6.07, 6.45) is 1.85. The van der Waals surface area contributed by atoms with Crippen LogP contribution in [0.1, 0.15) is 44.5 Å². The second kappa shape index (κ2) is 18.4. The third-order valence-electron chi connectivity index (χ3n) is 15.7. The Bertz CT molecular complexity index is 4100. The molecular formula is C65H41N3O4S2Se4. The average Bonchev–Trinajstić information content (AvgIpc) is 4.51. The van der Waals surface area contributed by atoms with Gasteiger partial charge in [0, 0.05) is 0 Å². The summed E-state index contributed by atoms with van der Waals surface area (Å²) >= 11 is 1.44. The first-order valence-electron chi connectivity index (χ1n) is 25.2. The molecule has 7 heterocycles. The zero-order valence-electron chi connectivity index (χ0n) is 41.1. The number of benzene rings is 7. The molecule has 376 valence electrons. The van der Waals surface area contributed by atoms with Crippen LogP contribution in [0.15, 0.2) is 264 Å². The quantitative estimate of drug-likeness (QED) is 0.153. The first-order chi connectivity index (χ1) is 38.2. The van der Waals surface area contributed by atoms with Crippen molar-refractivity contribution in [2.45, 2.75) is 30.4 Å². The maximum absolute atomic E-state index is 13.3. The van der Waals surface area contributed by atoms with Crippen molar-refractivity contribution in [3.05, 3.63) is 289 Å². The van der Waals surface area contributed by atoms with Gasteiger partial charge in [-0.2, -0.15) is 0 Å². The Labute approximate surface area is 476 Å². The fraction of sp³-hybridized carbons (Fsp3) is 0.0308. The van der Waals surface area contributed by atoms with Crippen LogP contribution in [0.25, 0.3) is 17.7 Å². The van der Waals surface area contributed by atoms with E-state index in [1.165, 1.54) is 53.4 Å². The van der Waals surface area contributed by atoms with Gasteiger partial charge in [-0.25, -0.2) is 0 Å². The number of pyridine rings is 1. The number of rotatable bonds is 6. The van der Waals surface area contributed by atoms with E-state index in [-0.39, 0.29) is 15.7 Å². The molecule has 5 aromatic heterocycles. The number of hydrogen-bond donors (Lipinski definition) is 0. The fourth-order valence-electron chi connectivity index (χ4n) is 12.5. The van der Waals surface area contributed by atoms with Gasteiger partial charge in [0.1, 0.15) is 0 Å². The predicted molar refractivity (Wildman–Crippen MR) is 313 cm³/mol. The minimum atomic E-state index is -3.60. The molecule has 2 aliphatic carbocycles. The van der Waals surface area contributed by atoms with Crippen LogP contribution in [0.2, 0.25) is 0 Å². The van der Waals surface area contributed by atoms with Crippen molar-refractivity contribution >= 4 is 112 Å². The second-order valence-electron chi connectivity index (χ2n) is 19.4. The monoisotopic (exact) mass is 1310 g/mol. The first-order valence-corrected chi connectivity index (χ1v) is 35.6. The molecule has 12 aromatic rings. The van der Waals surface area contributed by atoms with Crippen molar-refractivity contribution in [3.8, 4) is 17.7 Å². The van der Waals surface area contributed by atoms with Crippen LogP contribution < -0.4 is 9.80 Å². The van der Waals surface area contributed by atoms with Gasteiger partial charge < -0.3 is 0 Å². The van der Waals surface area contributed by atoms with Crippen LogP contribution in [-0.2, 0) is 30.5 Å². The van der Waals surface area contributed by atoms with Gasteiger partial charge in [0.05, 0.1) is 0 Å². The van der Waals surface area contributed by atoms with E-state index >= 15 is 0 Å². The maximum atomic E-state index is 13.3. The fourth-order valence-corrected chi connectivity index (χ4v) is 24.8. The summed E-state index contributed by atoms with van der Waals surface area (Å²) in [5.74, 6) is 0.885. The van der Waals surface area contributed by atoms with Gasteiger partial charge in [-0.3, -0.25) is 0 Å². The van der Waals surface area contributed by atoms with Gasteiger partial charge in [-0.15, -0.1) is 0 Å². The molecule has 0 saturated carbocycles. The van der Waals surface area contributed by atoms with Crippen molar-refractivity contribution in [2.75, 3.05) is 9.80 Å². The Morgan fingerprint density at radius 3 is 1.04 bits per heavy atom. The van der Waals surface area contributed by atoms with Gasteiger partial charge >= 0.3 is 420 Å². The molecule has 0 saturated heterocycles. The van der Waals surface area contributed by atoms with Crippen molar-refractivity contribution in [1.82, 2.24) is 4.98 Å². The van der Waals surface area contributed by atoms with Gasteiger partial charge in [-0.05, 0) is 24.3 Å². The molecule has 7 aromatic carbocycles. The van der Waals surface area contributed by atoms with Gasteiger partial charge in [-0.1, -0.05) is 36.4 Å². The van der Waals surface area contributed by atoms with E-state index in [0.29, 0.717) is 72.7 Å². The number of anilines is 6. The van der Waals surface area contributed by atoms with Crippen LogP contribution in [0.4, 0.5) is 34.3 Å². The van der Waals surface area contributed by atoms with Gasteiger partial charge in [0.2, 0.25) is 0 Å². The molecule has 13 heteroatoms. The molecule has 0 N–H and O–H groups in total. The molecule has 78 heavy (non-hydrogen) atoms. The van der Waals surface area contributed by atoms with Crippen molar-refractivity contribution in [1.29, 1.82) is 0 Å². The van der Waals surface area contributed by atoms with Crippen LogP contribution in [0.5, 0.6) is 0 Å². The van der Waals surface area contributed by atoms with Crippen molar-refractivity contribution in [3.63, 3.8) is 0 Å². The molecular weight excluding hydrogens is 1270 g/mol. The van der Waals surface area contributed by atoms with E-state index in [4.69, 9.17) is 4.98 Å². The summed E-state index contributed by atoms with van der Waals surface area (Å²) < 4.78 is 59.2. The average molecular weight is 1310 g/mol. The van der Waals surface area contributed by atoms with Crippen molar-refractivity contribution < 1.29 is 16.8 Å². The van der Waals surface area contributed by atoms with Crippen LogP contribution in [-0.4, -0.2) is 79.8 Å². The zero-order valence-corrected chi connectivity index (χ0v) is 49.6.